The molecule has 3 rings (SSSR count). The van der Waals surface area contributed by atoms with Gasteiger partial charge in [-0.1, -0.05) is 24.9 Å². The van der Waals surface area contributed by atoms with E-state index < -0.39 is 0 Å². The van der Waals surface area contributed by atoms with Gasteiger partial charge >= 0.3 is 0 Å². The predicted molar refractivity (Wildman–Crippen MR) is 95.0 cm³/mol. The average Bonchev–Trinajstić information content (AvgIpc) is 2.91. The van der Waals surface area contributed by atoms with Crippen molar-refractivity contribution in [3.05, 3.63) is 59.0 Å². The number of halogens is 1. The molecule has 24 heavy (non-hydrogen) atoms. The number of nitrogens with zero attached hydrogens (tertiary/aromatic N) is 3. The highest BCUT2D eigenvalue weighted by Crippen LogP contribution is 2.23. The molecule has 0 unspecified atom stereocenters. The average molecular weight is 344 g/mol. The summed E-state index contributed by atoms with van der Waals surface area (Å²) >= 11 is 6.09. The molecule has 0 aliphatic rings. The summed E-state index contributed by atoms with van der Waals surface area (Å²) in [5, 5.41) is 9.96. The molecule has 1 amide bonds. The molecule has 3 aromatic rings. The Morgan fingerprint density at radius 2 is 1.96 bits per heavy atom. The predicted octanol–water partition coefficient (Wildman–Crippen LogP) is 3.92. The van der Waals surface area contributed by atoms with Crippen molar-refractivity contribution in [1.29, 1.82) is 0 Å². The highest BCUT2D eigenvalue weighted by molar-refractivity contribution is 6.30. The van der Waals surface area contributed by atoms with E-state index in [9.17, 15) is 9.90 Å². The molecule has 0 spiro atoms. The van der Waals surface area contributed by atoms with Gasteiger partial charge < -0.3 is 10.0 Å². The Kier molecular flexibility index (Phi) is 4.44. The summed E-state index contributed by atoms with van der Waals surface area (Å²) in [6.07, 6.45) is 3.31. The SMILES string of the molecule is CCCc1nc2ccc(Cl)cn2c1C(=O)N(C)c1ccc(O)cc1. The number of imidazole rings is 1. The maximum absolute atomic E-state index is 13.1. The summed E-state index contributed by atoms with van der Waals surface area (Å²) in [6.45, 7) is 2.05. The topological polar surface area (TPSA) is 57.8 Å². The quantitative estimate of drug-likeness (QED) is 0.781. The molecule has 5 nitrogen and oxygen atoms in total. The van der Waals surface area contributed by atoms with E-state index in [2.05, 4.69) is 11.9 Å². The number of carbonyl (C=O) groups is 1. The van der Waals surface area contributed by atoms with Crippen LogP contribution in [0.15, 0.2) is 42.6 Å². The Morgan fingerprint density at radius 1 is 1.25 bits per heavy atom. The van der Waals surface area contributed by atoms with Crippen LogP contribution in [0.2, 0.25) is 5.02 Å². The number of aromatic hydroxyl groups is 1. The van der Waals surface area contributed by atoms with Crippen molar-refractivity contribution in [2.45, 2.75) is 19.8 Å². The molecule has 6 heteroatoms. The van der Waals surface area contributed by atoms with Gasteiger partial charge in [-0.2, -0.15) is 0 Å². The number of amides is 1. The summed E-state index contributed by atoms with van der Waals surface area (Å²) in [7, 11) is 1.70. The molecular formula is C18H18ClN3O2. The van der Waals surface area contributed by atoms with Gasteiger partial charge in [0, 0.05) is 18.9 Å². The van der Waals surface area contributed by atoms with Crippen LogP contribution < -0.4 is 4.90 Å². The molecule has 0 aliphatic carbocycles. The Labute approximate surface area is 145 Å². The third-order valence-electron chi connectivity index (χ3n) is 3.89. The van der Waals surface area contributed by atoms with Crippen LogP contribution in [0.3, 0.4) is 0 Å². The largest absolute Gasteiger partial charge is 0.508 e. The van der Waals surface area contributed by atoms with Crippen LogP contribution >= 0.6 is 11.6 Å². The third-order valence-corrected chi connectivity index (χ3v) is 4.11. The number of phenolic OH excluding ortho intramolecular Hbond substituents is 1. The van der Waals surface area contributed by atoms with Crippen molar-refractivity contribution in [3.63, 3.8) is 0 Å². The van der Waals surface area contributed by atoms with Gasteiger partial charge in [0.25, 0.3) is 5.91 Å². The lowest BCUT2D eigenvalue weighted by molar-refractivity contribution is 0.0986. The fraction of sp³-hybridized carbons (Fsp3) is 0.222. The van der Waals surface area contributed by atoms with E-state index in [1.807, 2.05) is 0 Å². The summed E-state index contributed by atoms with van der Waals surface area (Å²) in [5.74, 6) is -0.00763. The van der Waals surface area contributed by atoms with Crippen molar-refractivity contribution < 1.29 is 9.90 Å². The number of hydrogen-bond acceptors (Lipinski definition) is 3. The molecule has 0 saturated heterocycles. The van der Waals surface area contributed by atoms with E-state index in [0.29, 0.717) is 28.5 Å². The molecule has 2 heterocycles. The lowest BCUT2D eigenvalue weighted by atomic mass is 10.2. The number of pyridine rings is 1. The van der Waals surface area contributed by atoms with Gasteiger partial charge in [0.2, 0.25) is 0 Å². The van der Waals surface area contributed by atoms with Gasteiger partial charge in [-0.15, -0.1) is 0 Å². The number of rotatable bonds is 4. The molecule has 0 atom stereocenters. The van der Waals surface area contributed by atoms with Gasteiger partial charge in [-0.25, -0.2) is 4.98 Å². The zero-order valence-electron chi connectivity index (χ0n) is 13.5. The summed E-state index contributed by atoms with van der Waals surface area (Å²) in [5.41, 5.74) is 2.67. The zero-order chi connectivity index (χ0) is 17.3. The van der Waals surface area contributed by atoms with Gasteiger partial charge in [0.05, 0.1) is 10.7 Å². The minimum atomic E-state index is -0.168. The molecule has 2 aromatic heterocycles. The number of phenols is 1. The standard InChI is InChI=1S/C18H18ClN3O2/c1-3-4-15-17(22-11-12(19)5-10-16(22)20-15)18(24)21(2)13-6-8-14(23)9-7-13/h5-11,23H,3-4H2,1-2H3. The molecule has 0 aliphatic heterocycles. The minimum Gasteiger partial charge on any atom is -0.508 e. The van der Waals surface area contributed by atoms with Gasteiger partial charge in [0.1, 0.15) is 17.1 Å². The number of benzene rings is 1. The van der Waals surface area contributed by atoms with Crippen molar-refractivity contribution in [1.82, 2.24) is 9.38 Å². The summed E-state index contributed by atoms with van der Waals surface area (Å²) < 4.78 is 1.74. The first-order valence-electron chi connectivity index (χ1n) is 7.75. The van der Waals surface area contributed by atoms with Crippen LogP contribution in [0.4, 0.5) is 5.69 Å². The number of anilines is 1. The third kappa shape index (κ3) is 2.95. The number of aromatic nitrogens is 2. The molecule has 0 fully saturated rings. The highest BCUT2D eigenvalue weighted by Gasteiger charge is 2.23. The molecule has 0 saturated carbocycles. The van der Waals surface area contributed by atoms with Crippen LogP contribution in [0, 0.1) is 0 Å². The van der Waals surface area contributed by atoms with Crippen LogP contribution in [0.25, 0.3) is 5.65 Å². The normalized spacial score (nSPS) is 11.0. The lowest BCUT2D eigenvalue weighted by Gasteiger charge is -2.18. The van der Waals surface area contributed by atoms with Crippen LogP contribution in [0.5, 0.6) is 5.75 Å². The first-order chi connectivity index (χ1) is 11.5. The van der Waals surface area contributed by atoms with Crippen LogP contribution in [-0.4, -0.2) is 27.4 Å². The minimum absolute atomic E-state index is 0.160. The van der Waals surface area contributed by atoms with E-state index in [1.54, 1.807) is 58.9 Å². The molecule has 0 bridgehead atoms. The Morgan fingerprint density at radius 3 is 2.62 bits per heavy atom. The van der Waals surface area contributed by atoms with Crippen molar-refractivity contribution in [2.24, 2.45) is 0 Å². The Hall–Kier alpha value is -2.53. The zero-order valence-corrected chi connectivity index (χ0v) is 14.3. The molecular weight excluding hydrogens is 326 g/mol. The summed E-state index contributed by atoms with van der Waals surface area (Å²) in [6, 6.07) is 10.1. The van der Waals surface area contributed by atoms with Gasteiger partial charge in [-0.3, -0.25) is 9.20 Å². The lowest BCUT2D eigenvalue weighted by Crippen LogP contribution is -2.28. The van der Waals surface area contributed by atoms with Crippen LogP contribution in [-0.2, 0) is 6.42 Å². The Bertz CT molecular complexity index is 887. The number of aryl methyl sites for hydroxylation is 1. The smallest absolute Gasteiger partial charge is 0.276 e. The Balaban J connectivity index is 2.09. The van der Waals surface area contributed by atoms with E-state index in [0.717, 1.165) is 12.1 Å². The fourth-order valence-corrected chi connectivity index (χ4v) is 2.82. The second-order valence-electron chi connectivity index (χ2n) is 5.61. The van der Waals surface area contributed by atoms with Crippen LogP contribution in [0.1, 0.15) is 29.5 Å². The fourth-order valence-electron chi connectivity index (χ4n) is 2.66. The van der Waals surface area contributed by atoms with Crippen molar-refractivity contribution in [3.8, 4) is 5.75 Å². The molecule has 0 radical (unpaired) electrons. The highest BCUT2D eigenvalue weighted by atomic mass is 35.5. The second kappa shape index (κ2) is 6.53. The summed E-state index contributed by atoms with van der Waals surface area (Å²) in [4.78, 5) is 19.2. The monoisotopic (exact) mass is 343 g/mol. The van der Waals surface area contributed by atoms with Gasteiger partial charge in [-0.05, 0) is 42.8 Å². The van der Waals surface area contributed by atoms with E-state index in [1.165, 1.54) is 0 Å². The maximum Gasteiger partial charge on any atom is 0.276 e. The van der Waals surface area contributed by atoms with E-state index in [4.69, 9.17) is 11.6 Å². The van der Waals surface area contributed by atoms with E-state index >= 15 is 0 Å². The van der Waals surface area contributed by atoms with E-state index in [-0.39, 0.29) is 11.7 Å². The first-order valence-corrected chi connectivity index (χ1v) is 8.12. The molecule has 1 aromatic carbocycles. The van der Waals surface area contributed by atoms with Crippen molar-refractivity contribution in [2.75, 3.05) is 11.9 Å². The van der Waals surface area contributed by atoms with Crippen molar-refractivity contribution >= 4 is 28.8 Å². The molecule has 124 valence electrons. The maximum atomic E-state index is 13.1. The second-order valence-corrected chi connectivity index (χ2v) is 6.05. The number of hydrogen-bond donors (Lipinski definition) is 1. The number of carbonyl (C=O) groups excluding carboxylic acids is 1. The number of fused-ring (bicyclic) bond motifs is 1. The molecule has 1 N–H and O–H groups in total. The van der Waals surface area contributed by atoms with Gasteiger partial charge in [0.15, 0.2) is 0 Å². The first kappa shape index (κ1) is 16.3.